The van der Waals surface area contributed by atoms with Gasteiger partial charge in [0.15, 0.2) is 0 Å². The number of allylic oxidation sites excluding steroid dienone is 1. The Morgan fingerprint density at radius 3 is 2.42 bits per heavy atom. The molecule has 1 saturated carbocycles. The molecule has 4 heteroatoms. The summed E-state index contributed by atoms with van der Waals surface area (Å²) in [6.07, 6.45) is 9.42. The van der Waals surface area contributed by atoms with E-state index in [2.05, 4.69) is 5.73 Å². The molecule has 0 aromatic carbocycles. The number of rotatable bonds is 2. The van der Waals surface area contributed by atoms with E-state index in [1.54, 1.807) is 0 Å². The zero-order chi connectivity index (χ0) is 13.8. The number of hydrogen-bond donors (Lipinski definition) is 2. The van der Waals surface area contributed by atoms with E-state index in [-0.39, 0.29) is 5.57 Å². The van der Waals surface area contributed by atoms with Crippen LogP contribution in [-0.2, 0) is 9.59 Å². The number of carboxylic acids is 2. The Morgan fingerprint density at radius 2 is 1.84 bits per heavy atom. The molecule has 0 aromatic heterocycles. The largest absolute Gasteiger partial charge is 0.481 e. The molecule has 0 aromatic rings. The predicted octanol–water partition coefficient (Wildman–Crippen LogP) is 2.68. The molecule has 2 rings (SSSR count). The van der Waals surface area contributed by atoms with Gasteiger partial charge in [0.05, 0.1) is 5.57 Å². The van der Waals surface area contributed by atoms with Gasteiger partial charge in [-0.15, -0.1) is 5.73 Å². The standard InChI is InChI=1S/C15H16O4/c16-14(17)11-6-7-13(15(18)19)12(9-11)8-10-4-2-1-3-5-10/h6-7,9,13H,1-5H2,(H,16,17)(H,18,19). The SMILES string of the molecule is O=C(O)C1=CC(=C=C2CCCCC2)C(C(=O)O)C=C1. The quantitative estimate of drug-likeness (QED) is 0.748. The molecule has 19 heavy (non-hydrogen) atoms. The summed E-state index contributed by atoms with van der Waals surface area (Å²) < 4.78 is 0. The summed E-state index contributed by atoms with van der Waals surface area (Å²) in [7, 11) is 0. The zero-order valence-electron chi connectivity index (χ0n) is 10.6. The Labute approximate surface area is 111 Å². The van der Waals surface area contributed by atoms with Crippen molar-refractivity contribution in [2.24, 2.45) is 5.92 Å². The normalized spacial score (nSPS) is 22.7. The van der Waals surface area contributed by atoms with Gasteiger partial charge >= 0.3 is 11.9 Å². The molecule has 2 aliphatic carbocycles. The topological polar surface area (TPSA) is 74.6 Å². The first-order valence-corrected chi connectivity index (χ1v) is 6.42. The summed E-state index contributed by atoms with van der Waals surface area (Å²) in [6.45, 7) is 0. The maximum absolute atomic E-state index is 11.2. The molecular weight excluding hydrogens is 244 g/mol. The van der Waals surface area contributed by atoms with Gasteiger partial charge in [-0.3, -0.25) is 4.79 Å². The van der Waals surface area contributed by atoms with E-state index < -0.39 is 17.9 Å². The van der Waals surface area contributed by atoms with E-state index in [4.69, 9.17) is 10.2 Å². The van der Waals surface area contributed by atoms with E-state index in [0.717, 1.165) is 31.3 Å². The van der Waals surface area contributed by atoms with Crippen LogP contribution < -0.4 is 0 Å². The molecule has 100 valence electrons. The number of carbonyl (C=O) groups is 2. The Kier molecular flexibility index (Phi) is 4.03. The number of hydrogen-bond acceptors (Lipinski definition) is 2. The number of aliphatic carboxylic acids is 2. The van der Waals surface area contributed by atoms with Crippen LogP contribution in [0.15, 0.2) is 40.7 Å². The van der Waals surface area contributed by atoms with Gasteiger partial charge < -0.3 is 10.2 Å². The minimum absolute atomic E-state index is 0.108. The molecule has 2 N–H and O–H groups in total. The van der Waals surface area contributed by atoms with Crippen LogP contribution in [0, 0.1) is 5.92 Å². The van der Waals surface area contributed by atoms with Gasteiger partial charge in [-0.25, -0.2) is 4.79 Å². The third kappa shape index (κ3) is 3.24. The fraction of sp³-hybridized carbons (Fsp3) is 0.400. The molecule has 1 fully saturated rings. The highest BCUT2D eigenvalue weighted by atomic mass is 16.4. The van der Waals surface area contributed by atoms with Crippen molar-refractivity contribution < 1.29 is 19.8 Å². The van der Waals surface area contributed by atoms with Crippen molar-refractivity contribution in [3.05, 3.63) is 40.7 Å². The van der Waals surface area contributed by atoms with Crippen LogP contribution in [0.2, 0.25) is 0 Å². The third-order valence-corrected chi connectivity index (χ3v) is 3.41. The fourth-order valence-corrected chi connectivity index (χ4v) is 2.38. The highest BCUT2D eigenvalue weighted by Crippen LogP contribution is 2.26. The zero-order valence-corrected chi connectivity index (χ0v) is 10.6. The van der Waals surface area contributed by atoms with Gasteiger partial charge in [0, 0.05) is 5.57 Å². The highest BCUT2D eigenvalue weighted by Gasteiger charge is 2.23. The van der Waals surface area contributed by atoms with Gasteiger partial charge in [-0.1, -0.05) is 18.6 Å². The summed E-state index contributed by atoms with van der Waals surface area (Å²) in [4.78, 5) is 22.1. The van der Waals surface area contributed by atoms with Crippen molar-refractivity contribution in [2.75, 3.05) is 0 Å². The lowest BCUT2D eigenvalue weighted by Crippen LogP contribution is -2.16. The van der Waals surface area contributed by atoms with Crippen molar-refractivity contribution in [1.82, 2.24) is 0 Å². The van der Waals surface area contributed by atoms with Crippen LogP contribution in [0.4, 0.5) is 0 Å². The van der Waals surface area contributed by atoms with Gasteiger partial charge in [-0.2, -0.15) is 0 Å². The van der Waals surface area contributed by atoms with Gasteiger partial charge in [-0.05, 0) is 37.3 Å². The van der Waals surface area contributed by atoms with Gasteiger partial charge in [0.2, 0.25) is 0 Å². The molecule has 0 radical (unpaired) electrons. The van der Waals surface area contributed by atoms with Crippen molar-refractivity contribution in [1.29, 1.82) is 0 Å². The maximum Gasteiger partial charge on any atom is 0.335 e. The lowest BCUT2D eigenvalue weighted by Gasteiger charge is -2.15. The van der Waals surface area contributed by atoms with E-state index >= 15 is 0 Å². The first kappa shape index (κ1) is 13.4. The Balaban J connectivity index is 2.42. The molecule has 0 spiro atoms. The van der Waals surface area contributed by atoms with Crippen molar-refractivity contribution in [3.8, 4) is 0 Å². The fourth-order valence-electron chi connectivity index (χ4n) is 2.38. The van der Waals surface area contributed by atoms with E-state index in [0.29, 0.717) is 5.57 Å². The molecule has 0 aliphatic heterocycles. The summed E-state index contributed by atoms with van der Waals surface area (Å²) >= 11 is 0. The summed E-state index contributed by atoms with van der Waals surface area (Å²) in [6, 6.07) is 0. The molecule has 2 aliphatic rings. The van der Waals surface area contributed by atoms with Crippen LogP contribution >= 0.6 is 0 Å². The Morgan fingerprint density at radius 1 is 1.16 bits per heavy atom. The summed E-state index contributed by atoms with van der Waals surface area (Å²) in [5, 5.41) is 18.1. The molecule has 0 heterocycles. The molecule has 4 nitrogen and oxygen atoms in total. The second-order valence-corrected chi connectivity index (χ2v) is 4.82. The molecule has 0 bridgehead atoms. The minimum Gasteiger partial charge on any atom is -0.481 e. The van der Waals surface area contributed by atoms with E-state index in [9.17, 15) is 9.59 Å². The Hall–Kier alpha value is -2.06. The second kappa shape index (κ2) is 5.72. The van der Waals surface area contributed by atoms with Gasteiger partial charge in [0.1, 0.15) is 5.92 Å². The van der Waals surface area contributed by atoms with Crippen LogP contribution in [0.1, 0.15) is 32.1 Å². The van der Waals surface area contributed by atoms with Crippen LogP contribution in [0.25, 0.3) is 0 Å². The van der Waals surface area contributed by atoms with Crippen molar-refractivity contribution in [2.45, 2.75) is 32.1 Å². The lowest BCUT2D eigenvalue weighted by molar-refractivity contribution is -0.139. The molecule has 0 saturated heterocycles. The van der Waals surface area contributed by atoms with Gasteiger partial charge in [0.25, 0.3) is 0 Å². The van der Waals surface area contributed by atoms with Crippen LogP contribution in [0.3, 0.4) is 0 Å². The summed E-state index contributed by atoms with van der Waals surface area (Å²) in [5.41, 5.74) is 4.79. The predicted molar refractivity (Wildman–Crippen MR) is 69.6 cm³/mol. The average Bonchev–Trinajstić information content (AvgIpc) is 2.39. The van der Waals surface area contributed by atoms with Crippen molar-refractivity contribution >= 4 is 11.9 Å². The average molecular weight is 260 g/mol. The monoisotopic (exact) mass is 260 g/mol. The molecule has 1 atom stereocenters. The van der Waals surface area contributed by atoms with E-state index in [1.165, 1.54) is 24.6 Å². The number of carboxylic acid groups (broad SMARTS) is 2. The lowest BCUT2D eigenvalue weighted by atomic mass is 9.89. The minimum atomic E-state index is -1.05. The first-order chi connectivity index (χ1) is 9.08. The Bertz CT molecular complexity index is 522. The van der Waals surface area contributed by atoms with Crippen molar-refractivity contribution in [3.63, 3.8) is 0 Å². The summed E-state index contributed by atoms with van der Waals surface area (Å²) in [5.74, 6) is -2.82. The molecular formula is C15H16O4. The third-order valence-electron chi connectivity index (χ3n) is 3.41. The molecule has 0 amide bonds. The smallest absolute Gasteiger partial charge is 0.335 e. The first-order valence-electron chi connectivity index (χ1n) is 6.42. The molecule has 1 unspecified atom stereocenters. The van der Waals surface area contributed by atoms with Crippen LogP contribution in [0.5, 0.6) is 0 Å². The van der Waals surface area contributed by atoms with E-state index in [1.807, 2.05) is 0 Å². The second-order valence-electron chi connectivity index (χ2n) is 4.82. The van der Waals surface area contributed by atoms with Crippen LogP contribution in [-0.4, -0.2) is 22.2 Å². The maximum atomic E-state index is 11.2. The highest BCUT2D eigenvalue weighted by molar-refractivity contribution is 5.92.